The molecule has 3 aliphatic rings. The fourth-order valence-corrected chi connectivity index (χ4v) is 4.45. The first-order valence-electron chi connectivity index (χ1n) is 11.9. The minimum Gasteiger partial charge on any atom is -0.489 e. The first-order chi connectivity index (χ1) is 16.9. The summed E-state index contributed by atoms with van der Waals surface area (Å²) in [5, 5.41) is 2.67. The standard InChI is InChI=1S/C26H27N3O5/c1-17-5-10-22(25(31)27-17)29-14-21-20(26(29)32)3-2-4-23(21)34-15-19-8-6-18(7-9-19)13-28-11-12-33-16-24(28)30/h2-4,6-9,22H,1,5,10-16H2,(H,27,31)/i10D. The fraction of sp³-hybridized carbons (Fsp3) is 0.346. The van der Waals surface area contributed by atoms with Gasteiger partial charge < -0.3 is 24.6 Å². The third-order valence-electron chi connectivity index (χ3n) is 6.32. The highest BCUT2D eigenvalue weighted by molar-refractivity contribution is 6.02. The van der Waals surface area contributed by atoms with Gasteiger partial charge in [-0.1, -0.05) is 36.9 Å². The molecule has 1 N–H and O–H groups in total. The molecule has 0 aromatic heterocycles. The van der Waals surface area contributed by atoms with E-state index >= 15 is 0 Å². The molecule has 0 spiro atoms. The SMILES string of the molecule is [2H]C1CC(=C)NC(=O)C1N1Cc2c(OCc3ccc(CN4CCOCC4=O)cc3)cccc2C1=O. The van der Waals surface area contributed by atoms with Crippen LogP contribution in [0.5, 0.6) is 5.75 Å². The lowest BCUT2D eigenvalue weighted by atomic mass is 10.0. The number of fused-ring (bicyclic) bond motifs is 1. The topological polar surface area (TPSA) is 88.2 Å². The van der Waals surface area contributed by atoms with E-state index < -0.39 is 12.4 Å². The van der Waals surface area contributed by atoms with Crippen LogP contribution in [-0.4, -0.2) is 53.3 Å². The Kier molecular flexibility index (Phi) is 5.73. The minimum absolute atomic E-state index is 0.00226. The van der Waals surface area contributed by atoms with Crippen LogP contribution in [0.15, 0.2) is 54.7 Å². The van der Waals surface area contributed by atoms with Gasteiger partial charge in [-0.3, -0.25) is 14.4 Å². The summed E-state index contributed by atoms with van der Waals surface area (Å²) in [5.74, 6) is -0.0535. The Morgan fingerprint density at radius 2 is 1.94 bits per heavy atom. The Labute approximate surface area is 199 Å². The van der Waals surface area contributed by atoms with Gasteiger partial charge in [0.1, 0.15) is 25.0 Å². The summed E-state index contributed by atoms with van der Waals surface area (Å²) in [6.45, 7) is 6.11. The van der Waals surface area contributed by atoms with Crippen LogP contribution in [-0.2, 0) is 34.0 Å². The third-order valence-corrected chi connectivity index (χ3v) is 6.32. The smallest absolute Gasteiger partial charge is 0.255 e. The molecule has 2 fully saturated rings. The monoisotopic (exact) mass is 462 g/mol. The molecule has 2 aromatic rings. The van der Waals surface area contributed by atoms with Crippen molar-refractivity contribution in [2.45, 2.75) is 38.6 Å². The number of piperidine rings is 1. The van der Waals surface area contributed by atoms with Gasteiger partial charge in [-0.25, -0.2) is 0 Å². The van der Waals surface area contributed by atoms with Crippen LogP contribution in [0, 0.1) is 0 Å². The van der Waals surface area contributed by atoms with Gasteiger partial charge in [-0.2, -0.15) is 0 Å². The molecule has 8 nitrogen and oxygen atoms in total. The molecule has 2 aromatic carbocycles. The van der Waals surface area contributed by atoms with Crippen LogP contribution in [0.4, 0.5) is 0 Å². The number of morpholine rings is 1. The number of carbonyl (C=O) groups excluding carboxylic acids is 3. The number of nitrogens with zero attached hydrogens (tertiary/aromatic N) is 2. The average Bonchev–Trinajstić information content (AvgIpc) is 3.16. The molecule has 3 aliphatic heterocycles. The maximum absolute atomic E-state index is 13.1. The van der Waals surface area contributed by atoms with E-state index in [1.165, 1.54) is 4.90 Å². The van der Waals surface area contributed by atoms with Crippen molar-refractivity contribution in [3.05, 3.63) is 77.0 Å². The van der Waals surface area contributed by atoms with Crippen molar-refractivity contribution in [1.82, 2.24) is 15.1 Å². The van der Waals surface area contributed by atoms with Gasteiger partial charge in [-0.05, 0) is 36.1 Å². The summed E-state index contributed by atoms with van der Waals surface area (Å²) < 4.78 is 19.6. The van der Waals surface area contributed by atoms with Crippen LogP contribution < -0.4 is 10.1 Å². The number of rotatable bonds is 6. The highest BCUT2D eigenvalue weighted by atomic mass is 16.5. The van der Waals surface area contributed by atoms with Crippen LogP contribution in [0.2, 0.25) is 0 Å². The second-order valence-corrected chi connectivity index (χ2v) is 8.67. The number of hydrogen-bond acceptors (Lipinski definition) is 5. The molecule has 0 bridgehead atoms. The highest BCUT2D eigenvalue weighted by Gasteiger charge is 2.39. The third kappa shape index (κ3) is 4.41. The first-order valence-corrected chi connectivity index (χ1v) is 11.3. The molecular formula is C26H27N3O5. The molecule has 0 aliphatic carbocycles. The van der Waals surface area contributed by atoms with E-state index in [1.807, 2.05) is 30.3 Å². The lowest BCUT2D eigenvalue weighted by Gasteiger charge is -2.31. The van der Waals surface area contributed by atoms with Crippen molar-refractivity contribution in [2.75, 3.05) is 19.8 Å². The Balaban J connectivity index is 1.25. The number of benzene rings is 2. The van der Waals surface area contributed by atoms with Gasteiger partial charge >= 0.3 is 0 Å². The second-order valence-electron chi connectivity index (χ2n) is 8.67. The van der Waals surface area contributed by atoms with Crippen molar-refractivity contribution in [3.8, 4) is 5.75 Å². The number of carbonyl (C=O) groups is 3. The van der Waals surface area contributed by atoms with Gasteiger partial charge in [0.15, 0.2) is 0 Å². The summed E-state index contributed by atoms with van der Waals surface area (Å²) in [4.78, 5) is 40.8. The maximum atomic E-state index is 13.1. The van der Waals surface area contributed by atoms with Crippen molar-refractivity contribution < 1.29 is 25.2 Å². The van der Waals surface area contributed by atoms with Gasteiger partial charge in [0.05, 0.1) is 13.2 Å². The molecule has 3 amide bonds. The van der Waals surface area contributed by atoms with E-state index in [0.717, 1.165) is 16.7 Å². The quantitative estimate of drug-likeness (QED) is 0.712. The Bertz CT molecular complexity index is 1180. The predicted octanol–water partition coefficient (Wildman–Crippen LogP) is 2.37. The minimum atomic E-state index is -0.862. The van der Waals surface area contributed by atoms with E-state index in [-0.39, 0.29) is 30.9 Å². The van der Waals surface area contributed by atoms with Gasteiger partial charge in [0.2, 0.25) is 11.8 Å². The number of amides is 3. The Morgan fingerprint density at radius 3 is 2.71 bits per heavy atom. The van der Waals surface area contributed by atoms with E-state index in [4.69, 9.17) is 10.8 Å². The van der Waals surface area contributed by atoms with Crippen LogP contribution >= 0.6 is 0 Å². The summed E-state index contributed by atoms with van der Waals surface area (Å²) in [6.07, 6.45) is -0.444. The van der Waals surface area contributed by atoms with Crippen LogP contribution in [0.3, 0.4) is 0 Å². The molecule has 3 heterocycles. The van der Waals surface area contributed by atoms with Gasteiger partial charge in [-0.15, -0.1) is 0 Å². The number of hydrogen-bond donors (Lipinski definition) is 1. The largest absolute Gasteiger partial charge is 0.489 e. The summed E-state index contributed by atoms with van der Waals surface area (Å²) in [5.41, 5.74) is 3.71. The molecular weight excluding hydrogens is 434 g/mol. The number of nitrogens with one attached hydrogen (secondary N) is 1. The zero-order valence-corrected chi connectivity index (χ0v) is 18.8. The zero-order chi connectivity index (χ0) is 24.5. The van der Waals surface area contributed by atoms with Crippen molar-refractivity contribution >= 4 is 17.7 Å². The normalized spacial score (nSPS) is 23.0. The molecule has 2 atom stereocenters. The Morgan fingerprint density at radius 1 is 1.15 bits per heavy atom. The van der Waals surface area contributed by atoms with E-state index in [1.54, 1.807) is 17.0 Å². The fourth-order valence-electron chi connectivity index (χ4n) is 4.45. The van der Waals surface area contributed by atoms with Gasteiger partial charge in [0, 0.05) is 31.3 Å². The van der Waals surface area contributed by atoms with Crippen molar-refractivity contribution in [3.63, 3.8) is 0 Å². The van der Waals surface area contributed by atoms with Gasteiger partial charge in [0.25, 0.3) is 5.91 Å². The zero-order valence-electron chi connectivity index (χ0n) is 19.8. The summed E-state index contributed by atoms with van der Waals surface area (Å²) >= 11 is 0. The maximum Gasteiger partial charge on any atom is 0.255 e. The van der Waals surface area contributed by atoms with Crippen LogP contribution in [0.25, 0.3) is 0 Å². The summed E-state index contributed by atoms with van der Waals surface area (Å²) in [6, 6.07) is 12.3. The van der Waals surface area contributed by atoms with Crippen molar-refractivity contribution in [2.24, 2.45) is 0 Å². The number of allylic oxidation sites excluding steroid dienone is 1. The van der Waals surface area contributed by atoms with E-state index in [2.05, 4.69) is 11.9 Å². The second kappa shape index (κ2) is 9.30. The molecule has 176 valence electrons. The van der Waals surface area contributed by atoms with Crippen LogP contribution in [0.1, 0.15) is 41.2 Å². The molecule has 8 heteroatoms. The highest BCUT2D eigenvalue weighted by Crippen LogP contribution is 2.34. The summed E-state index contributed by atoms with van der Waals surface area (Å²) in [7, 11) is 0. The lowest BCUT2D eigenvalue weighted by molar-refractivity contribution is -0.143. The lowest BCUT2D eigenvalue weighted by Crippen LogP contribution is -2.49. The number of ether oxygens (including phenoxy) is 2. The molecule has 2 unspecified atom stereocenters. The Hall–Kier alpha value is -3.65. The molecule has 0 radical (unpaired) electrons. The van der Waals surface area contributed by atoms with E-state index in [0.29, 0.717) is 49.7 Å². The molecule has 2 saturated heterocycles. The molecule has 0 saturated carbocycles. The van der Waals surface area contributed by atoms with Crippen molar-refractivity contribution in [1.29, 1.82) is 0 Å². The van der Waals surface area contributed by atoms with E-state index in [9.17, 15) is 14.4 Å². The first kappa shape index (κ1) is 20.9. The molecule has 34 heavy (non-hydrogen) atoms. The molecule has 5 rings (SSSR count). The average molecular weight is 463 g/mol. The predicted molar refractivity (Wildman–Crippen MR) is 124 cm³/mol.